The predicted molar refractivity (Wildman–Crippen MR) is 327 cm³/mol. The van der Waals surface area contributed by atoms with Crippen LogP contribution in [0.3, 0.4) is 0 Å². The Morgan fingerprint density at radius 3 is 0.973 bits per heavy atom. The van der Waals surface area contributed by atoms with E-state index >= 15 is 0 Å². The van der Waals surface area contributed by atoms with Crippen molar-refractivity contribution in [1.82, 2.24) is 0 Å². The fourth-order valence-electron chi connectivity index (χ4n) is 10.2. The lowest BCUT2D eigenvalue weighted by Gasteiger charge is -2.20. The molecule has 0 N–H and O–H groups in total. The Morgan fingerprint density at radius 1 is 0.284 bits per heavy atom. The lowest BCUT2D eigenvalue weighted by Crippen LogP contribution is -2.03. The summed E-state index contributed by atoms with van der Waals surface area (Å²) >= 11 is 7.48. The second-order valence-electron chi connectivity index (χ2n) is 19.8. The first kappa shape index (κ1) is 51.7. The maximum atomic E-state index is 6.97. The number of thiophene rings is 4. The number of ether oxygens (including phenoxy) is 2. The van der Waals surface area contributed by atoms with Gasteiger partial charge in [0.25, 0.3) is 0 Å². The van der Waals surface area contributed by atoms with Crippen LogP contribution in [0.25, 0.3) is 93.9 Å². The number of benzene rings is 6. The molecular formula is C68H70O2S4. The lowest BCUT2D eigenvalue weighted by atomic mass is 9.90. The summed E-state index contributed by atoms with van der Waals surface area (Å²) in [5.74, 6) is 1.86. The van der Waals surface area contributed by atoms with Crippen molar-refractivity contribution in [2.75, 3.05) is 13.2 Å². The van der Waals surface area contributed by atoms with E-state index in [4.69, 9.17) is 9.47 Å². The maximum absolute atomic E-state index is 6.97. The number of unbranched alkanes of at least 4 members (excludes halogenated alkanes) is 14. The van der Waals surface area contributed by atoms with Gasteiger partial charge in [-0.15, -0.1) is 45.3 Å². The fourth-order valence-corrected chi connectivity index (χ4v) is 14.4. The highest BCUT2D eigenvalue weighted by Crippen LogP contribution is 2.49. The lowest BCUT2D eigenvalue weighted by molar-refractivity contribution is 0.301. The van der Waals surface area contributed by atoms with Crippen LogP contribution < -0.4 is 9.47 Å². The molecule has 0 aliphatic heterocycles. The van der Waals surface area contributed by atoms with Gasteiger partial charge in [-0.3, -0.25) is 0 Å². The average Bonchev–Trinajstić information content (AvgIpc) is 4.31. The number of hydrogen-bond acceptors (Lipinski definition) is 6. The molecule has 10 rings (SSSR count). The van der Waals surface area contributed by atoms with Crippen LogP contribution >= 0.6 is 45.3 Å². The zero-order valence-corrected chi connectivity index (χ0v) is 46.6. The molecule has 0 radical (unpaired) electrons. The summed E-state index contributed by atoms with van der Waals surface area (Å²) in [5, 5.41) is 4.78. The third-order valence-corrected chi connectivity index (χ3v) is 19.2. The minimum Gasteiger partial charge on any atom is -0.493 e. The molecule has 6 heteroatoms. The summed E-state index contributed by atoms with van der Waals surface area (Å²) in [5.41, 5.74) is 7.25. The van der Waals surface area contributed by atoms with Crippen LogP contribution in [0.4, 0.5) is 0 Å². The van der Waals surface area contributed by atoms with Gasteiger partial charge in [0.05, 0.1) is 13.2 Å². The molecule has 10 aromatic rings. The molecule has 0 unspecified atom stereocenters. The third-order valence-electron chi connectivity index (χ3n) is 14.3. The molecule has 0 saturated carbocycles. The standard InChI is InChI=1S/C68H70O2S4/c1-3-5-7-9-11-13-15-23-45-69-57-35-31-51-47-53(61-39-43-65(73-61)63-41-37-59(71-63)49-25-19-17-20-26-49)29-33-55(51)67(57)68-56-34-30-54(48-52(56)32-36-58(68)70-46-24-16-14-12-10-8-6-4-2)62-40-44-66(74-62)64-42-38-60(72-64)50-27-21-18-22-28-50/h17-22,25-44,47-48H,3-16,23-24,45-46H2,1-2H3. The predicted octanol–water partition coefficient (Wildman–Crippen LogP) is 22.9. The van der Waals surface area contributed by atoms with Crippen LogP contribution in [0, 0.1) is 0 Å². The second kappa shape index (κ2) is 26.1. The molecule has 2 nitrogen and oxygen atoms in total. The normalized spacial score (nSPS) is 11.5. The van der Waals surface area contributed by atoms with Crippen LogP contribution in [0.2, 0.25) is 0 Å². The van der Waals surface area contributed by atoms with E-state index < -0.39 is 0 Å². The van der Waals surface area contributed by atoms with Crippen LogP contribution in [0.5, 0.6) is 11.5 Å². The maximum Gasteiger partial charge on any atom is 0.127 e. The second-order valence-corrected chi connectivity index (χ2v) is 24.1. The minimum atomic E-state index is 0.694. The van der Waals surface area contributed by atoms with Gasteiger partial charge in [0, 0.05) is 50.1 Å². The monoisotopic (exact) mass is 1050 g/mol. The first-order chi connectivity index (χ1) is 36.6. The molecule has 6 aromatic carbocycles. The summed E-state index contributed by atoms with van der Waals surface area (Å²) < 4.78 is 13.9. The summed E-state index contributed by atoms with van der Waals surface area (Å²) in [6, 6.07) is 62.8. The first-order valence-electron chi connectivity index (χ1n) is 27.5. The van der Waals surface area contributed by atoms with Gasteiger partial charge in [-0.1, -0.05) is 201 Å². The molecule has 0 fully saturated rings. The van der Waals surface area contributed by atoms with E-state index in [1.807, 2.05) is 45.3 Å². The van der Waals surface area contributed by atoms with E-state index in [1.54, 1.807) is 0 Å². The molecule has 0 bridgehead atoms. The van der Waals surface area contributed by atoms with E-state index in [0.29, 0.717) is 13.2 Å². The molecule has 0 spiro atoms. The zero-order chi connectivity index (χ0) is 50.3. The summed E-state index contributed by atoms with van der Waals surface area (Å²) in [4.78, 5) is 10.3. The van der Waals surface area contributed by atoms with Crippen molar-refractivity contribution in [2.45, 2.75) is 117 Å². The Labute approximate surface area is 456 Å². The van der Waals surface area contributed by atoms with E-state index in [-0.39, 0.29) is 0 Å². The number of rotatable bonds is 27. The SMILES string of the molecule is CCCCCCCCCCOc1ccc2cc(-c3ccc(-c4ccc(-c5ccccc5)s4)s3)ccc2c1-c1c(OCCCCCCCCCC)ccc2cc(-c3ccc(-c4ccc(-c5ccccc5)s4)s3)ccc12. The summed E-state index contributed by atoms with van der Waals surface area (Å²) in [7, 11) is 0. The largest absolute Gasteiger partial charge is 0.493 e. The van der Waals surface area contributed by atoms with Crippen LogP contribution in [-0.4, -0.2) is 13.2 Å². The van der Waals surface area contributed by atoms with E-state index in [2.05, 4.69) is 184 Å². The smallest absolute Gasteiger partial charge is 0.127 e. The highest BCUT2D eigenvalue weighted by atomic mass is 32.1. The van der Waals surface area contributed by atoms with Gasteiger partial charge in [0.15, 0.2) is 0 Å². The Morgan fingerprint density at radius 2 is 0.608 bits per heavy atom. The Kier molecular flexibility index (Phi) is 18.3. The molecular weight excluding hydrogens is 977 g/mol. The van der Waals surface area contributed by atoms with Gasteiger partial charge in [0.2, 0.25) is 0 Å². The van der Waals surface area contributed by atoms with Crippen LogP contribution in [0.15, 0.2) is 170 Å². The highest BCUT2D eigenvalue weighted by Gasteiger charge is 2.21. The molecule has 74 heavy (non-hydrogen) atoms. The van der Waals surface area contributed by atoms with Gasteiger partial charge < -0.3 is 9.47 Å². The molecule has 4 aromatic heterocycles. The quantitative estimate of drug-likeness (QED) is 0.0478. The van der Waals surface area contributed by atoms with Gasteiger partial charge in [-0.05, 0) is 129 Å². The number of hydrogen-bond donors (Lipinski definition) is 0. The van der Waals surface area contributed by atoms with Crippen molar-refractivity contribution in [3.8, 4) is 83.9 Å². The van der Waals surface area contributed by atoms with E-state index in [9.17, 15) is 0 Å². The summed E-state index contributed by atoms with van der Waals surface area (Å²) in [6.45, 7) is 5.97. The van der Waals surface area contributed by atoms with Crippen molar-refractivity contribution in [1.29, 1.82) is 0 Å². The highest BCUT2D eigenvalue weighted by molar-refractivity contribution is 7.25. The Balaban J connectivity index is 0.988. The molecule has 0 atom stereocenters. The van der Waals surface area contributed by atoms with Crippen molar-refractivity contribution in [2.24, 2.45) is 0 Å². The Bertz CT molecular complexity index is 3110. The van der Waals surface area contributed by atoms with Crippen molar-refractivity contribution in [3.05, 3.63) is 170 Å². The van der Waals surface area contributed by atoms with Crippen molar-refractivity contribution in [3.63, 3.8) is 0 Å². The first-order valence-corrected chi connectivity index (χ1v) is 30.8. The third kappa shape index (κ3) is 12.8. The van der Waals surface area contributed by atoms with Gasteiger partial charge in [-0.2, -0.15) is 0 Å². The van der Waals surface area contributed by atoms with Crippen LogP contribution in [0.1, 0.15) is 117 Å². The zero-order valence-electron chi connectivity index (χ0n) is 43.3. The fraction of sp³-hybridized carbons (Fsp3) is 0.294. The molecule has 0 amide bonds. The molecule has 0 saturated heterocycles. The Hall–Kier alpha value is -5.76. The molecule has 4 heterocycles. The average molecular weight is 1050 g/mol. The van der Waals surface area contributed by atoms with Crippen molar-refractivity contribution >= 4 is 66.9 Å². The van der Waals surface area contributed by atoms with Gasteiger partial charge in [0.1, 0.15) is 11.5 Å². The molecule has 0 aliphatic rings. The topological polar surface area (TPSA) is 18.5 Å². The van der Waals surface area contributed by atoms with Gasteiger partial charge in [-0.25, -0.2) is 0 Å². The van der Waals surface area contributed by atoms with Gasteiger partial charge >= 0.3 is 0 Å². The van der Waals surface area contributed by atoms with Crippen molar-refractivity contribution < 1.29 is 9.47 Å². The van der Waals surface area contributed by atoms with E-state index in [0.717, 1.165) is 35.5 Å². The number of fused-ring (bicyclic) bond motifs is 2. The molecule has 0 aliphatic carbocycles. The van der Waals surface area contributed by atoms with E-state index in [1.165, 1.54) is 173 Å². The summed E-state index contributed by atoms with van der Waals surface area (Å²) in [6.07, 6.45) is 20.3. The van der Waals surface area contributed by atoms with Crippen LogP contribution in [-0.2, 0) is 0 Å². The molecule has 378 valence electrons. The minimum absolute atomic E-state index is 0.694.